The number of rotatable bonds is 5. The van der Waals surface area contributed by atoms with Gasteiger partial charge in [0, 0.05) is 23.4 Å². The number of benzene rings is 2. The number of hydrogen-bond donors (Lipinski definition) is 1. The Morgan fingerprint density at radius 1 is 1.07 bits per heavy atom. The normalized spacial score (nSPS) is 11.6. The van der Waals surface area contributed by atoms with Gasteiger partial charge in [0.2, 0.25) is 10.0 Å². The molecular weight excluding hydrogens is 367 g/mol. The van der Waals surface area contributed by atoms with E-state index in [0.717, 1.165) is 11.3 Å². The molecule has 7 heteroatoms. The molecule has 0 aliphatic rings. The van der Waals surface area contributed by atoms with E-state index < -0.39 is 10.0 Å². The smallest absolute Gasteiger partial charge is 0.238 e. The molecule has 0 amide bonds. The average Bonchev–Trinajstić information content (AvgIpc) is 2.98. The van der Waals surface area contributed by atoms with Crippen LogP contribution in [0.2, 0.25) is 0 Å². The quantitative estimate of drug-likeness (QED) is 0.677. The van der Waals surface area contributed by atoms with E-state index in [4.69, 9.17) is 5.14 Å². The summed E-state index contributed by atoms with van der Waals surface area (Å²) in [5, 5.41) is 5.16. The zero-order valence-corrected chi connectivity index (χ0v) is 15.8. The highest BCUT2D eigenvalue weighted by Crippen LogP contribution is 2.30. The predicted molar refractivity (Wildman–Crippen MR) is 102 cm³/mol. The number of ketones is 1. The Morgan fingerprint density at radius 2 is 1.67 bits per heavy atom. The van der Waals surface area contributed by atoms with Crippen LogP contribution in [-0.4, -0.2) is 18.8 Å². The van der Waals surface area contributed by atoms with Gasteiger partial charge in [-0.05, 0) is 67.1 Å². The topological polar surface area (TPSA) is 82.2 Å². The lowest BCUT2D eigenvalue weighted by molar-refractivity contribution is 0.0987. The highest BCUT2D eigenvalue weighted by Gasteiger charge is 2.19. The lowest BCUT2D eigenvalue weighted by Gasteiger charge is -2.13. The molecule has 0 saturated carbocycles. The van der Waals surface area contributed by atoms with Crippen molar-refractivity contribution >= 4 is 15.8 Å². The molecule has 0 spiro atoms. The van der Waals surface area contributed by atoms with Gasteiger partial charge in [-0.25, -0.2) is 17.9 Å². The van der Waals surface area contributed by atoms with Crippen molar-refractivity contribution in [1.29, 1.82) is 0 Å². The van der Waals surface area contributed by atoms with Crippen molar-refractivity contribution in [2.24, 2.45) is 5.14 Å². The minimum absolute atomic E-state index is 0.00392. The van der Waals surface area contributed by atoms with Gasteiger partial charge in [0.1, 0.15) is 5.82 Å². The second-order valence-electron chi connectivity index (χ2n) is 6.19. The van der Waals surface area contributed by atoms with Crippen molar-refractivity contribution in [2.45, 2.75) is 25.2 Å². The fourth-order valence-corrected chi connectivity index (χ4v) is 3.55. The predicted octanol–water partition coefficient (Wildman–Crippen LogP) is 3.83. The minimum Gasteiger partial charge on any atom is -0.313 e. The monoisotopic (exact) mass is 386 g/mol. The number of carbonyl (C=O) groups excluding carboxylic acids is 1. The van der Waals surface area contributed by atoms with E-state index in [1.54, 1.807) is 37.3 Å². The molecule has 140 valence electrons. The number of carbonyl (C=O) groups is 1. The molecule has 0 aliphatic carbocycles. The van der Waals surface area contributed by atoms with Crippen molar-refractivity contribution in [3.63, 3.8) is 0 Å². The van der Waals surface area contributed by atoms with Crippen LogP contribution in [0.4, 0.5) is 4.39 Å². The Hall–Kier alpha value is -2.77. The van der Waals surface area contributed by atoms with Crippen LogP contribution in [0.5, 0.6) is 0 Å². The molecule has 2 N–H and O–H groups in total. The maximum atomic E-state index is 13.3. The van der Waals surface area contributed by atoms with Gasteiger partial charge in [-0.1, -0.05) is 6.92 Å². The summed E-state index contributed by atoms with van der Waals surface area (Å²) in [6, 6.07) is 13.8. The fraction of sp³-hybridized carbons (Fsp3) is 0.150. The second kappa shape index (κ2) is 7.09. The van der Waals surface area contributed by atoms with E-state index in [0.29, 0.717) is 23.4 Å². The number of Topliss-reactive ketones (excluding diaryl/α,β-unsaturated/α-hetero) is 1. The Morgan fingerprint density at radius 3 is 2.19 bits per heavy atom. The van der Waals surface area contributed by atoms with E-state index >= 15 is 0 Å². The maximum absolute atomic E-state index is 13.3. The Bertz CT molecular complexity index is 1100. The molecule has 0 bridgehead atoms. The zero-order valence-electron chi connectivity index (χ0n) is 14.9. The first-order chi connectivity index (χ1) is 12.7. The van der Waals surface area contributed by atoms with Gasteiger partial charge in [-0.15, -0.1) is 0 Å². The molecule has 1 heterocycles. The van der Waals surface area contributed by atoms with Crippen molar-refractivity contribution in [3.05, 3.63) is 71.7 Å². The van der Waals surface area contributed by atoms with Crippen LogP contribution >= 0.6 is 0 Å². The maximum Gasteiger partial charge on any atom is 0.238 e. The number of halogens is 1. The number of hydrogen-bond acceptors (Lipinski definition) is 3. The first kappa shape index (κ1) is 19.0. The molecule has 0 saturated heterocycles. The summed E-state index contributed by atoms with van der Waals surface area (Å²) in [4.78, 5) is 12.3. The van der Waals surface area contributed by atoms with Crippen molar-refractivity contribution in [2.75, 3.05) is 0 Å². The second-order valence-corrected chi connectivity index (χ2v) is 7.75. The van der Waals surface area contributed by atoms with Crippen LogP contribution in [0.3, 0.4) is 0 Å². The van der Waals surface area contributed by atoms with E-state index in [-0.39, 0.29) is 16.5 Å². The molecule has 0 radical (unpaired) electrons. The van der Waals surface area contributed by atoms with Gasteiger partial charge in [0.05, 0.1) is 10.6 Å². The highest BCUT2D eigenvalue weighted by atomic mass is 32.2. The number of sulfonamides is 1. The summed E-state index contributed by atoms with van der Waals surface area (Å²) in [6.07, 6.45) is 0.359. The largest absolute Gasteiger partial charge is 0.313 e. The summed E-state index contributed by atoms with van der Waals surface area (Å²) < 4.78 is 38.2. The summed E-state index contributed by atoms with van der Waals surface area (Å²) in [5.74, 6) is -0.355. The molecule has 0 atom stereocenters. The molecule has 2 aromatic carbocycles. The van der Waals surface area contributed by atoms with E-state index in [2.05, 4.69) is 0 Å². The van der Waals surface area contributed by atoms with Gasteiger partial charge in [-0.2, -0.15) is 0 Å². The number of aromatic nitrogens is 1. The molecule has 0 fully saturated rings. The van der Waals surface area contributed by atoms with Crippen molar-refractivity contribution < 1.29 is 17.6 Å². The average molecular weight is 386 g/mol. The standard InChI is InChI=1S/C20H19FN2O3S/c1-3-20(24)18-12-19(14-4-6-15(21)7-5-14)23(13(18)2)16-8-10-17(11-9-16)27(22,25)26/h4-12H,3H2,1-2H3,(H2,22,25,26). The van der Waals surface area contributed by atoms with Crippen molar-refractivity contribution in [1.82, 2.24) is 4.57 Å². The summed E-state index contributed by atoms with van der Waals surface area (Å²) >= 11 is 0. The lowest BCUT2D eigenvalue weighted by atomic mass is 10.1. The SMILES string of the molecule is CCC(=O)c1cc(-c2ccc(F)cc2)n(-c2ccc(S(N)(=O)=O)cc2)c1C. The van der Waals surface area contributed by atoms with Crippen LogP contribution in [0, 0.1) is 12.7 Å². The van der Waals surface area contributed by atoms with Crippen LogP contribution < -0.4 is 5.14 Å². The van der Waals surface area contributed by atoms with Gasteiger partial charge >= 0.3 is 0 Å². The van der Waals surface area contributed by atoms with Gasteiger partial charge < -0.3 is 4.57 Å². The van der Waals surface area contributed by atoms with Gasteiger partial charge in [0.25, 0.3) is 0 Å². The number of primary sulfonamides is 1. The van der Waals surface area contributed by atoms with Crippen LogP contribution in [0.15, 0.2) is 59.5 Å². The summed E-state index contributed by atoms with van der Waals surface area (Å²) in [5.41, 5.74) is 3.43. The van der Waals surface area contributed by atoms with E-state index in [9.17, 15) is 17.6 Å². The zero-order chi connectivity index (χ0) is 19.8. The third kappa shape index (κ3) is 3.70. The van der Waals surface area contributed by atoms with E-state index in [1.165, 1.54) is 24.3 Å². The van der Waals surface area contributed by atoms with E-state index in [1.807, 2.05) is 11.5 Å². The number of nitrogens with two attached hydrogens (primary N) is 1. The first-order valence-electron chi connectivity index (χ1n) is 8.37. The Kier molecular flexibility index (Phi) is 4.99. The molecule has 3 aromatic rings. The third-order valence-electron chi connectivity index (χ3n) is 4.43. The minimum atomic E-state index is -3.80. The molecule has 3 rings (SSSR count). The third-order valence-corrected chi connectivity index (χ3v) is 5.36. The molecule has 27 heavy (non-hydrogen) atoms. The van der Waals surface area contributed by atoms with Gasteiger partial charge in [-0.3, -0.25) is 4.79 Å². The lowest BCUT2D eigenvalue weighted by Crippen LogP contribution is -2.12. The highest BCUT2D eigenvalue weighted by molar-refractivity contribution is 7.89. The van der Waals surface area contributed by atoms with Crippen LogP contribution in [0.25, 0.3) is 16.9 Å². The summed E-state index contributed by atoms with van der Waals surface area (Å²) in [6.45, 7) is 3.61. The molecule has 1 aromatic heterocycles. The van der Waals surface area contributed by atoms with Crippen LogP contribution in [0.1, 0.15) is 29.4 Å². The Labute approximate surface area is 157 Å². The molecular formula is C20H19FN2O3S. The Balaban J connectivity index is 2.22. The first-order valence-corrected chi connectivity index (χ1v) is 9.91. The fourth-order valence-electron chi connectivity index (χ4n) is 3.03. The van der Waals surface area contributed by atoms with Gasteiger partial charge in [0.15, 0.2) is 5.78 Å². The van der Waals surface area contributed by atoms with Crippen LogP contribution in [-0.2, 0) is 10.0 Å². The summed E-state index contributed by atoms with van der Waals surface area (Å²) in [7, 11) is -3.80. The van der Waals surface area contributed by atoms with Crippen molar-refractivity contribution in [3.8, 4) is 16.9 Å². The molecule has 5 nitrogen and oxygen atoms in total. The molecule has 0 aliphatic heterocycles. The number of nitrogens with zero attached hydrogens (tertiary/aromatic N) is 1. The molecule has 0 unspecified atom stereocenters.